The van der Waals surface area contributed by atoms with E-state index in [9.17, 15) is 0 Å². The lowest BCUT2D eigenvalue weighted by Gasteiger charge is -2.17. The maximum absolute atomic E-state index is 6.04. The van der Waals surface area contributed by atoms with Crippen molar-refractivity contribution in [3.05, 3.63) is 83.5 Å². The number of rotatable bonds is 10. The van der Waals surface area contributed by atoms with Gasteiger partial charge in [0.15, 0.2) is 5.49 Å². The van der Waals surface area contributed by atoms with Crippen LogP contribution in [0, 0.1) is 12.3 Å². The highest BCUT2D eigenvalue weighted by Crippen LogP contribution is 2.56. The SMILES string of the molecule is C=CCCC/C=C1\CC1(CC)Cn1cccc(COc2ccccc2C)/c1=N/N. The van der Waals surface area contributed by atoms with Gasteiger partial charge in [-0.1, -0.05) is 48.9 Å². The van der Waals surface area contributed by atoms with Crippen LogP contribution >= 0.6 is 0 Å². The first kappa shape index (κ1) is 21.0. The third-order valence-electron chi connectivity index (χ3n) is 5.96. The summed E-state index contributed by atoms with van der Waals surface area (Å²) in [6.45, 7) is 9.49. The van der Waals surface area contributed by atoms with Crippen molar-refractivity contribution in [2.24, 2.45) is 16.4 Å². The van der Waals surface area contributed by atoms with Crippen molar-refractivity contribution in [2.45, 2.75) is 59.1 Å². The minimum absolute atomic E-state index is 0.244. The van der Waals surface area contributed by atoms with Crippen LogP contribution in [0.15, 0.2) is 72.0 Å². The van der Waals surface area contributed by atoms with Crippen molar-refractivity contribution in [3.63, 3.8) is 0 Å². The largest absolute Gasteiger partial charge is 0.488 e. The second-order valence-corrected chi connectivity index (χ2v) is 7.93. The molecule has 4 nitrogen and oxygen atoms in total. The van der Waals surface area contributed by atoms with Crippen molar-refractivity contribution in [3.8, 4) is 5.75 Å². The van der Waals surface area contributed by atoms with Crippen molar-refractivity contribution in [1.82, 2.24) is 4.57 Å². The van der Waals surface area contributed by atoms with E-state index in [1.54, 1.807) is 5.57 Å². The highest BCUT2D eigenvalue weighted by atomic mass is 16.5. The predicted octanol–water partition coefficient (Wildman–Crippen LogP) is 5.23. The van der Waals surface area contributed by atoms with Gasteiger partial charge in [-0.25, -0.2) is 0 Å². The van der Waals surface area contributed by atoms with Gasteiger partial charge in [-0.05, 0) is 56.7 Å². The molecule has 0 aliphatic heterocycles. The molecule has 29 heavy (non-hydrogen) atoms. The lowest BCUT2D eigenvalue weighted by molar-refractivity contribution is 0.299. The molecule has 1 aliphatic rings. The standard InChI is InChI=1S/C25H33N3O/c1-4-6-7-8-14-22-17-25(22,5-2)19-28-16-11-13-21(24(28)27-26)18-29-23-15-10-9-12-20(23)3/h4,9-16H,1,5-8,17-19,26H2,2-3H3/b22-14+,27-24-. The van der Waals surface area contributed by atoms with Crippen molar-refractivity contribution in [2.75, 3.05) is 0 Å². The Morgan fingerprint density at radius 2 is 2.07 bits per heavy atom. The average molecular weight is 392 g/mol. The molecule has 2 N–H and O–H groups in total. The number of benzene rings is 1. The maximum atomic E-state index is 6.04. The number of nitrogens with zero attached hydrogens (tertiary/aromatic N) is 2. The van der Waals surface area contributed by atoms with Gasteiger partial charge in [-0.2, -0.15) is 5.10 Å². The predicted molar refractivity (Wildman–Crippen MR) is 119 cm³/mol. The van der Waals surface area contributed by atoms with Gasteiger partial charge in [-0.15, -0.1) is 6.58 Å². The van der Waals surface area contributed by atoms with Crippen molar-refractivity contribution in [1.29, 1.82) is 0 Å². The molecule has 0 saturated heterocycles. The number of hydrogen-bond donors (Lipinski definition) is 1. The fourth-order valence-corrected chi connectivity index (χ4v) is 3.96. The Kier molecular flexibility index (Phi) is 6.97. The second-order valence-electron chi connectivity index (χ2n) is 7.93. The van der Waals surface area contributed by atoms with Gasteiger partial charge in [0.25, 0.3) is 0 Å². The van der Waals surface area contributed by atoms with Crippen LogP contribution in [-0.4, -0.2) is 4.57 Å². The van der Waals surface area contributed by atoms with Crippen LogP contribution in [0.5, 0.6) is 5.75 Å². The molecule has 2 aromatic rings. The van der Waals surface area contributed by atoms with E-state index in [4.69, 9.17) is 10.6 Å². The number of aromatic nitrogens is 1. The molecule has 0 spiro atoms. The Hall–Kier alpha value is -2.75. The number of aryl methyl sites for hydroxylation is 1. The zero-order valence-corrected chi connectivity index (χ0v) is 17.7. The minimum atomic E-state index is 0.244. The molecule has 1 aromatic heterocycles. The van der Waals surface area contributed by atoms with Crippen molar-refractivity contribution >= 4 is 0 Å². The highest BCUT2D eigenvalue weighted by molar-refractivity contribution is 5.33. The van der Waals surface area contributed by atoms with Gasteiger partial charge in [0, 0.05) is 23.7 Å². The lowest BCUT2D eigenvalue weighted by atomic mass is 10.0. The molecule has 1 fully saturated rings. The summed E-state index contributed by atoms with van der Waals surface area (Å²) in [6, 6.07) is 12.1. The van der Waals surface area contributed by atoms with E-state index in [-0.39, 0.29) is 5.41 Å². The Balaban J connectivity index is 1.74. The molecule has 3 rings (SSSR count). The van der Waals surface area contributed by atoms with E-state index in [1.165, 1.54) is 12.8 Å². The number of para-hydroxylation sites is 1. The number of unbranched alkanes of at least 4 members (excludes halogenated alkanes) is 2. The van der Waals surface area contributed by atoms with Gasteiger partial charge in [0.1, 0.15) is 12.4 Å². The first-order valence-corrected chi connectivity index (χ1v) is 10.5. The molecule has 0 radical (unpaired) electrons. The van der Waals surface area contributed by atoms with Crippen LogP contribution in [0.25, 0.3) is 0 Å². The van der Waals surface area contributed by atoms with E-state index in [0.717, 1.165) is 48.2 Å². The molecule has 0 amide bonds. The normalized spacial score (nSPS) is 20.1. The highest BCUT2D eigenvalue weighted by Gasteiger charge is 2.46. The summed E-state index contributed by atoms with van der Waals surface area (Å²) in [4.78, 5) is 0. The first-order valence-electron chi connectivity index (χ1n) is 10.5. The number of allylic oxidation sites excluding steroid dienone is 3. The molecule has 1 aliphatic carbocycles. The zero-order valence-electron chi connectivity index (χ0n) is 17.7. The second kappa shape index (κ2) is 9.64. The van der Waals surface area contributed by atoms with Crippen LogP contribution in [0.1, 0.15) is 50.2 Å². The summed E-state index contributed by atoms with van der Waals surface area (Å²) in [5.74, 6) is 6.70. The van der Waals surface area contributed by atoms with E-state index < -0.39 is 0 Å². The summed E-state index contributed by atoms with van der Waals surface area (Å²) in [6.07, 6.45) is 12.2. The monoisotopic (exact) mass is 391 g/mol. The number of hydrogen-bond acceptors (Lipinski definition) is 3. The minimum Gasteiger partial charge on any atom is -0.488 e. The summed E-state index contributed by atoms with van der Waals surface area (Å²) in [7, 11) is 0. The van der Waals surface area contributed by atoms with Gasteiger partial charge in [0.2, 0.25) is 0 Å². The third kappa shape index (κ3) is 5.00. The molecular weight excluding hydrogens is 358 g/mol. The maximum Gasteiger partial charge on any atom is 0.158 e. The molecule has 1 unspecified atom stereocenters. The zero-order chi connectivity index (χ0) is 20.7. The molecular formula is C25H33N3O. The van der Waals surface area contributed by atoms with Crippen LogP contribution in [-0.2, 0) is 13.2 Å². The number of ether oxygens (including phenoxy) is 1. The van der Waals surface area contributed by atoms with Crippen LogP contribution in [0.4, 0.5) is 0 Å². The molecule has 154 valence electrons. The Morgan fingerprint density at radius 1 is 1.24 bits per heavy atom. The third-order valence-corrected chi connectivity index (χ3v) is 5.96. The van der Waals surface area contributed by atoms with Crippen molar-refractivity contribution < 1.29 is 4.74 Å². The molecule has 0 bridgehead atoms. The summed E-state index contributed by atoms with van der Waals surface area (Å²) < 4.78 is 8.23. The van der Waals surface area contributed by atoms with Crippen LogP contribution in [0.3, 0.4) is 0 Å². The van der Waals surface area contributed by atoms with E-state index in [1.807, 2.05) is 30.3 Å². The van der Waals surface area contributed by atoms with Crippen LogP contribution in [0.2, 0.25) is 0 Å². The van der Waals surface area contributed by atoms with E-state index in [2.05, 4.69) is 54.5 Å². The Morgan fingerprint density at radius 3 is 2.79 bits per heavy atom. The summed E-state index contributed by atoms with van der Waals surface area (Å²) in [5, 5.41) is 4.12. The molecule has 1 saturated carbocycles. The number of pyridine rings is 1. The van der Waals surface area contributed by atoms with E-state index >= 15 is 0 Å². The number of nitrogens with two attached hydrogens (primary N) is 1. The Labute approximate surface area is 174 Å². The van der Waals surface area contributed by atoms with Gasteiger partial charge in [0.05, 0.1) is 0 Å². The molecule has 1 atom stereocenters. The summed E-state index contributed by atoms with van der Waals surface area (Å²) in [5.41, 5.74) is 4.74. The molecule has 1 aromatic carbocycles. The van der Waals surface area contributed by atoms with E-state index in [0.29, 0.717) is 6.61 Å². The van der Waals surface area contributed by atoms with Crippen LogP contribution < -0.4 is 16.1 Å². The van der Waals surface area contributed by atoms with Gasteiger partial charge in [-0.3, -0.25) is 0 Å². The lowest BCUT2D eigenvalue weighted by Crippen LogP contribution is -2.30. The smallest absolute Gasteiger partial charge is 0.158 e. The summed E-state index contributed by atoms with van der Waals surface area (Å²) >= 11 is 0. The fraction of sp³-hybridized carbons (Fsp3) is 0.400. The molecule has 4 heteroatoms. The topological polar surface area (TPSA) is 52.5 Å². The first-order chi connectivity index (χ1) is 14.1. The quantitative estimate of drug-likeness (QED) is 0.261. The van der Waals surface area contributed by atoms with Gasteiger partial charge >= 0.3 is 0 Å². The fourth-order valence-electron chi connectivity index (χ4n) is 3.96. The van der Waals surface area contributed by atoms with Gasteiger partial charge < -0.3 is 15.1 Å². The average Bonchev–Trinajstić information content (AvgIpc) is 3.43. The Bertz CT molecular complexity index is 941. The molecule has 1 heterocycles.